The van der Waals surface area contributed by atoms with Crippen molar-refractivity contribution in [3.8, 4) is 0 Å². The lowest BCUT2D eigenvalue weighted by Crippen LogP contribution is -3.00. The lowest BCUT2D eigenvalue weighted by molar-refractivity contribution is -0.697. The predicted molar refractivity (Wildman–Crippen MR) is 133 cm³/mol. The summed E-state index contributed by atoms with van der Waals surface area (Å²) in [6.07, 6.45) is 12.8. The van der Waals surface area contributed by atoms with Gasteiger partial charge < -0.3 is 30.1 Å². The Morgan fingerprint density at radius 3 is 1.76 bits per heavy atom. The van der Waals surface area contributed by atoms with E-state index in [0.29, 0.717) is 31.6 Å². The van der Waals surface area contributed by atoms with Crippen LogP contribution >= 0.6 is 21.6 Å². The number of halogens is 2. The van der Waals surface area contributed by atoms with E-state index in [9.17, 15) is 9.59 Å². The van der Waals surface area contributed by atoms with E-state index in [2.05, 4.69) is 77.4 Å². The zero-order valence-corrected chi connectivity index (χ0v) is 23.3. The van der Waals surface area contributed by atoms with E-state index >= 15 is 0 Å². The lowest BCUT2D eigenvalue weighted by atomic mass is 10.1. The summed E-state index contributed by atoms with van der Waals surface area (Å²) >= 11 is 0. The van der Waals surface area contributed by atoms with Crippen molar-refractivity contribution in [3.63, 3.8) is 0 Å². The van der Waals surface area contributed by atoms with Crippen molar-refractivity contribution < 1.29 is 43.5 Å². The zero-order valence-electron chi connectivity index (χ0n) is 20.2. The lowest BCUT2D eigenvalue weighted by Gasteiger charge is -2.04. The number of pyridine rings is 2. The van der Waals surface area contributed by atoms with Crippen LogP contribution in [0.4, 0.5) is 0 Å². The van der Waals surface area contributed by atoms with E-state index in [-0.39, 0.29) is 30.7 Å². The summed E-state index contributed by atoms with van der Waals surface area (Å²) in [4.78, 5) is 23.9. The Balaban J connectivity index is 0.00000544. The molecule has 0 bridgehead atoms. The first-order chi connectivity index (χ1) is 15.5. The van der Waals surface area contributed by atoms with Crippen LogP contribution in [0.25, 0.3) is 0 Å². The van der Waals surface area contributed by atoms with Gasteiger partial charge in [0.2, 0.25) is 5.91 Å². The molecule has 5 nitrogen and oxygen atoms in total. The van der Waals surface area contributed by atoms with Crippen molar-refractivity contribution in [3.05, 3.63) is 60.2 Å². The highest BCUT2D eigenvalue weighted by Gasteiger charge is 2.06. The molecule has 0 aliphatic rings. The van der Waals surface area contributed by atoms with Crippen LogP contribution in [-0.2, 0) is 22.7 Å². The van der Waals surface area contributed by atoms with Crippen molar-refractivity contribution in [2.24, 2.45) is 0 Å². The van der Waals surface area contributed by atoms with Crippen LogP contribution in [0.2, 0.25) is 0 Å². The molecule has 1 amide bonds. The number of carbonyl (C=O) groups excluding carboxylic acids is 2. The maximum absolute atomic E-state index is 12.0. The molecule has 2 heterocycles. The minimum absolute atomic E-state index is 0. The normalized spacial score (nSPS) is 10.2. The second-order valence-electron chi connectivity index (χ2n) is 8.07. The van der Waals surface area contributed by atoms with Crippen molar-refractivity contribution in [2.45, 2.75) is 65.5 Å². The summed E-state index contributed by atoms with van der Waals surface area (Å²) in [6, 6.07) is 8.34. The summed E-state index contributed by atoms with van der Waals surface area (Å²) in [7, 11) is 3.56. The third-order valence-corrected chi connectivity index (χ3v) is 7.57. The van der Waals surface area contributed by atoms with Gasteiger partial charge in [0, 0.05) is 74.4 Å². The fraction of sp³-hybridized carbons (Fsp3) is 0.520. The van der Waals surface area contributed by atoms with Crippen molar-refractivity contribution in [1.29, 1.82) is 0 Å². The minimum Gasteiger partial charge on any atom is -1.00 e. The van der Waals surface area contributed by atoms with Gasteiger partial charge in [0.25, 0.3) is 0 Å². The molecular weight excluding hydrogens is 509 g/mol. The number of amides is 1. The van der Waals surface area contributed by atoms with Gasteiger partial charge in [0.15, 0.2) is 24.8 Å². The van der Waals surface area contributed by atoms with Gasteiger partial charge in [0.1, 0.15) is 18.9 Å². The van der Waals surface area contributed by atoms with Gasteiger partial charge in [-0.3, -0.25) is 9.59 Å². The fourth-order valence-electron chi connectivity index (χ4n) is 3.13. The Morgan fingerprint density at radius 1 is 0.735 bits per heavy atom. The Bertz CT molecular complexity index is 752. The van der Waals surface area contributed by atoms with Crippen molar-refractivity contribution in [2.75, 3.05) is 18.1 Å². The van der Waals surface area contributed by atoms with Crippen LogP contribution in [0.1, 0.15) is 49.7 Å². The molecular formula is C25H37Cl2N3O2S2. The number of carbonyl (C=O) groups is 2. The molecule has 2 rings (SSSR count). The number of nitrogens with one attached hydrogen (secondary N) is 1. The molecule has 0 spiro atoms. The minimum atomic E-state index is 0. The highest BCUT2D eigenvalue weighted by atomic mass is 35.5. The van der Waals surface area contributed by atoms with Gasteiger partial charge in [-0.15, -0.1) is 0 Å². The van der Waals surface area contributed by atoms with Gasteiger partial charge in [-0.25, -0.2) is 9.13 Å². The topological polar surface area (TPSA) is 53.9 Å². The maximum atomic E-state index is 12.0. The summed E-state index contributed by atoms with van der Waals surface area (Å²) in [5.74, 6) is 2.35. The molecule has 0 aliphatic heterocycles. The first kappa shape index (κ1) is 32.7. The standard InChI is InChI=1S/C25H36N3O2S2.2ClH/c1-22-9-16-27(17-10-22)14-3-6-24(29)7-5-20-31-32-21-13-26-25(30)8-4-15-28-18-11-23(2)12-19-28;;/h9-12,16-19H,3-8,13-15,20-21H2,1-2H3;2*1H/q+1;;/p-1. The number of Topliss-reactive ketones (excluding diaryl/α,β-unsaturated/α-hetero) is 1. The smallest absolute Gasteiger partial charge is 0.220 e. The summed E-state index contributed by atoms with van der Waals surface area (Å²) in [5.41, 5.74) is 2.50. The highest BCUT2D eigenvalue weighted by molar-refractivity contribution is 8.76. The van der Waals surface area contributed by atoms with E-state index < -0.39 is 0 Å². The number of ketones is 1. The molecule has 9 heteroatoms. The Morgan fingerprint density at radius 2 is 1.21 bits per heavy atom. The SMILES string of the molecule is Cc1cc[n+](CCCC(=O)CCCSSCCNC(=O)CCC[n+]2ccc(C)cc2)cc1.[Cl-].[Cl-]. The van der Waals surface area contributed by atoms with E-state index in [1.165, 1.54) is 11.1 Å². The van der Waals surface area contributed by atoms with Gasteiger partial charge in [-0.2, -0.15) is 0 Å². The molecule has 190 valence electrons. The van der Waals surface area contributed by atoms with Crippen LogP contribution in [0.5, 0.6) is 0 Å². The molecule has 34 heavy (non-hydrogen) atoms. The summed E-state index contributed by atoms with van der Waals surface area (Å²) < 4.78 is 4.25. The number of hydrogen-bond donors (Lipinski definition) is 1. The number of hydrogen-bond acceptors (Lipinski definition) is 4. The van der Waals surface area contributed by atoms with E-state index in [0.717, 1.165) is 43.9 Å². The maximum Gasteiger partial charge on any atom is 0.220 e. The average molecular weight is 547 g/mol. The highest BCUT2D eigenvalue weighted by Crippen LogP contribution is 2.22. The Kier molecular flexibility index (Phi) is 19.2. The number of rotatable bonds is 16. The molecule has 0 saturated heterocycles. The van der Waals surface area contributed by atoms with Crippen LogP contribution < -0.4 is 39.3 Å². The fourth-order valence-corrected chi connectivity index (χ4v) is 5.13. The van der Waals surface area contributed by atoms with E-state index in [4.69, 9.17) is 0 Å². The summed E-state index contributed by atoms with van der Waals surface area (Å²) in [6.45, 7) is 6.61. The monoisotopic (exact) mass is 545 g/mol. The molecule has 0 fully saturated rings. The third kappa shape index (κ3) is 15.6. The van der Waals surface area contributed by atoms with Gasteiger partial charge in [-0.1, -0.05) is 21.6 Å². The second kappa shape index (κ2) is 20.0. The molecule has 1 N–H and O–H groups in total. The molecule has 0 radical (unpaired) electrons. The largest absolute Gasteiger partial charge is 1.00 e. The average Bonchev–Trinajstić information content (AvgIpc) is 2.78. The van der Waals surface area contributed by atoms with Crippen LogP contribution in [0, 0.1) is 13.8 Å². The van der Waals surface area contributed by atoms with E-state index in [1.807, 2.05) is 0 Å². The first-order valence-electron chi connectivity index (χ1n) is 11.5. The summed E-state index contributed by atoms with van der Waals surface area (Å²) in [5, 5.41) is 2.99. The van der Waals surface area contributed by atoms with Gasteiger partial charge in [-0.05, 0) is 31.4 Å². The second-order valence-corrected chi connectivity index (χ2v) is 10.8. The number of aryl methyl sites for hydroxylation is 4. The molecule has 2 aromatic rings. The molecule has 0 saturated carbocycles. The van der Waals surface area contributed by atoms with Crippen LogP contribution in [0.15, 0.2) is 49.1 Å². The molecule has 0 unspecified atom stereocenters. The van der Waals surface area contributed by atoms with Crippen LogP contribution in [0.3, 0.4) is 0 Å². The Labute approximate surface area is 225 Å². The molecule has 2 aromatic heterocycles. The number of aromatic nitrogens is 2. The van der Waals surface area contributed by atoms with Crippen LogP contribution in [-0.4, -0.2) is 29.7 Å². The molecule has 0 atom stereocenters. The van der Waals surface area contributed by atoms with Gasteiger partial charge >= 0.3 is 0 Å². The van der Waals surface area contributed by atoms with E-state index in [1.54, 1.807) is 21.6 Å². The quantitative estimate of drug-likeness (QED) is 0.150. The predicted octanol–water partition coefficient (Wildman–Crippen LogP) is -2.01. The molecule has 0 aliphatic carbocycles. The van der Waals surface area contributed by atoms with Gasteiger partial charge in [0.05, 0.1) is 0 Å². The third-order valence-electron chi connectivity index (χ3n) is 5.08. The molecule has 0 aromatic carbocycles. The Hall–Kier alpha value is -1.28. The van der Waals surface area contributed by atoms with Crippen molar-refractivity contribution in [1.82, 2.24) is 5.32 Å². The van der Waals surface area contributed by atoms with Crippen molar-refractivity contribution >= 4 is 33.3 Å². The zero-order chi connectivity index (χ0) is 23.0. The number of nitrogens with zero attached hydrogens (tertiary/aromatic N) is 2. The first-order valence-corrected chi connectivity index (χ1v) is 14.0.